The minimum atomic E-state index is -1.04. The molecule has 6 nitrogen and oxygen atoms in total. The first-order valence-electron chi connectivity index (χ1n) is 6.59. The van der Waals surface area contributed by atoms with Gasteiger partial charge in [0.05, 0.1) is 6.61 Å². The molecule has 0 bridgehead atoms. The second-order valence-corrected chi connectivity index (χ2v) is 5.22. The number of carboxylic acid groups (broad SMARTS) is 1. The Hall–Kier alpha value is -1.89. The van der Waals surface area contributed by atoms with E-state index in [0.29, 0.717) is 30.2 Å². The molecule has 1 atom stereocenters. The van der Waals surface area contributed by atoms with Crippen LogP contribution in [0.2, 0.25) is 0 Å². The fraction of sp³-hybridized carbons (Fsp3) is 0.429. The van der Waals surface area contributed by atoms with Crippen LogP contribution in [0, 0.1) is 0 Å². The Labute approximate surface area is 128 Å². The van der Waals surface area contributed by atoms with Gasteiger partial charge in [-0.3, -0.25) is 0 Å². The number of urea groups is 1. The number of benzene rings is 1. The van der Waals surface area contributed by atoms with Crippen LogP contribution in [0.3, 0.4) is 0 Å². The van der Waals surface area contributed by atoms with Crippen molar-refractivity contribution in [3.63, 3.8) is 0 Å². The van der Waals surface area contributed by atoms with Gasteiger partial charge in [0.1, 0.15) is 11.8 Å². The van der Waals surface area contributed by atoms with Gasteiger partial charge in [-0.1, -0.05) is 6.07 Å². The summed E-state index contributed by atoms with van der Waals surface area (Å²) >= 11 is 1.53. The average Bonchev–Trinajstić information content (AvgIpc) is 2.44. The van der Waals surface area contributed by atoms with Gasteiger partial charge in [-0.15, -0.1) is 0 Å². The van der Waals surface area contributed by atoms with Gasteiger partial charge in [-0.25, -0.2) is 9.59 Å². The first kappa shape index (κ1) is 17.2. The van der Waals surface area contributed by atoms with Crippen molar-refractivity contribution < 1.29 is 19.4 Å². The van der Waals surface area contributed by atoms with Crippen LogP contribution < -0.4 is 15.4 Å². The molecular formula is C14H20N2O4S. The molecule has 1 aromatic rings. The van der Waals surface area contributed by atoms with Gasteiger partial charge in [-0.05, 0) is 37.5 Å². The fourth-order valence-corrected chi connectivity index (χ4v) is 2.12. The second kappa shape index (κ2) is 9.12. The molecule has 116 valence electrons. The second-order valence-electron chi connectivity index (χ2n) is 4.23. The molecule has 0 fully saturated rings. The van der Waals surface area contributed by atoms with Crippen molar-refractivity contribution in [3.05, 3.63) is 24.3 Å². The lowest BCUT2D eigenvalue weighted by Gasteiger charge is -2.15. The molecule has 7 heteroatoms. The Bertz CT molecular complexity index is 482. The van der Waals surface area contributed by atoms with E-state index in [4.69, 9.17) is 9.84 Å². The number of carboxylic acids is 1. The van der Waals surface area contributed by atoms with Crippen molar-refractivity contribution in [1.82, 2.24) is 5.32 Å². The van der Waals surface area contributed by atoms with Gasteiger partial charge in [0.2, 0.25) is 0 Å². The quantitative estimate of drug-likeness (QED) is 0.686. The molecule has 0 unspecified atom stereocenters. The number of hydrogen-bond donors (Lipinski definition) is 3. The molecule has 0 saturated carbocycles. The lowest BCUT2D eigenvalue weighted by atomic mass is 10.2. The lowest BCUT2D eigenvalue weighted by molar-refractivity contribution is -0.139. The molecule has 3 N–H and O–H groups in total. The van der Waals surface area contributed by atoms with Gasteiger partial charge in [0.15, 0.2) is 0 Å². The summed E-state index contributed by atoms with van der Waals surface area (Å²) in [7, 11) is 0. The Balaban J connectivity index is 2.58. The largest absolute Gasteiger partial charge is 0.494 e. The summed E-state index contributed by atoms with van der Waals surface area (Å²) < 4.78 is 5.33. The molecule has 0 saturated heterocycles. The molecular weight excluding hydrogens is 292 g/mol. The molecule has 2 amide bonds. The van der Waals surface area contributed by atoms with E-state index in [9.17, 15) is 9.59 Å². The highest BCUT2D eigenvalue weighted by Crippen LogP contribution is 2.17. The van der Waals surface area contributed by atoms with Crippen molar-refractivity contribution >= 4 is 29.4 Å². The van der Waals surface area contributed by atoms with Crippen molar-refractivity contribution in [2.24, 2.45) is 0 Å². The number of amides is 2. The maximum absolute atomic E-state index is 11.8. The van der Waals surface area contributed by atoms with Crippen LogP contribution in [-0.4, -0.2) is 41.8 Å². The Morgan fingerprint density at radius 2 is 2.19 bits per heavy atom. The molecule has 0 aliphatic carbocycles. The van der Waals surface area contributed by atoms with Crippen LogP contribution in [0.4, 0.5) is 10.5 Å². The van der Waals surface area contributed by atoms with Gasteiger partial charge in [-0.2, -0.15) is 11.8 Å². The third-order valence-corrected chi connectivity index (χ3v) is 3.26. The predicted molar refractivity (Wildman–Crippen MR) is 84.2 cm³/mol. The van der Waals surface area contributed by atoms with E-state index < -0.39 is 18.0 Å². The summed E-state index contributed by atoms with van der Waals surface area (Å²) in [5, 5.41) is 14.1. The van der Waals surface area contributed by atoms with E-state index in [1.807, 2.05) is 13.2 Å². The number of aliphatic carboxylic acids is 1. The third-order valence-electron chi connectivity index (χ3n) is 2.62. The molecule has 0 aliphatic heterocycles. The summed E-state index contributed by atoms with van der Waals surface area (Å²) in [6.45, 7) is 2.40. The van der Waals surface area contributed by atoms with Crippen molar-refractivity contribution in [2.45, 2.75) is 19.4 Å². The highest BCUT2D eigenvalue weighted by atomic mass is 32.2. The SMILES string of the molecule is CCOc1cccc(NC(=O)N[C@@H](CCSC)C(=O)O)c1. The van der Waals surface area contributed by atoms with E-state index in [1.54, 1.807) is 24.3 Å². The van der Waals surface area contributed by atoms with E-state index in [-0.39, 0.29) is 0 Å². The van der Waals surface area contributed by atoms with Gasteiger partial charge >= 0.3 is 12.0 Å². The molecule has 0 radical (unpaired) electrons. The molecule has 21 heavy (non-hydrogen) atoms. The number of carbonyl (C=O) groups is 2. The molecule has 1 rings (SSSR count). The molecule has 0 aliphatic rings. The maximum Gasteiger partial charge on any atom is 0.326 e. The average molecular weight is 312 g/mol. The third kappa shape index (κ3) is 6.40. The normalized spacial score (nSPS) is 11.5. The van der Waals surface area contributed by atoms with Crippen LogP contribution in [0.5, 0.6) is 5.75 Å². The molecule has 0 spiro atoms. The highest BCUT2D eigenvalue weighted by molar-refractivity contribution is 7.98. The summed E-state index contributed by atoms with van der Waals surface area (Å²) in [6.07, 6.45) is 2.26. The van der Waals surface area contributed by atoms with Crippen molar-refractivity contribution in [1.29, 1.82) is 0 Å². The monoisotopic (exact) mass is 312 g/mol. The van der Waals surface area contributed by atoms with Gasteiger partial charge in [0.25, 0.3) is 0 Å². The van der Waals surface area contributed by atoms with Gasteiger partial charge < -0.3 is 20.5 Å². The maximum atomic E-state index is 11.8. The van der Waals surface area contributed by atoms with Crippen LogP contribution in [0.25, 0.3) is 0 Å². The first-order chi connectivity index (χ1) is 10.1. The Morgan fingerprint density at radius 3 is 2.81 bits per heavy atom. The summed E-state index contributed by atoms with van der Waals surface area (Å²) in [5.41, 5.74) is 0.549. The predicted octanol–water partition coefficient (Wildman–Crippen LogP) is 2.41. The number of rotatable bonds is 8. The van der Waals surface area contributed by atoms with E-state index in [1.165, 1.54) is 11.8 Å². The molecule has 0 heterocycles. The zero-order chi connectivity index (χ0) is 15.7. The smallest absolute Gasteiger partial charge is 0.326 e. The fourth-order valence-electron chi connectivity index (χ4n) is 1.65. The zero-order valence-electron chi connectivity index (χ0n) is 12.1. The van der Waals surface area contributed by atoms with E-state index in [2.05, 4.69) is 10.6 Å². The minimum absolute atomic E-state index is 0.378. The number of nitrogens with one attached hydrogen (secondary N) is 2. The topological polar surface area (TPSA) is 87.7 Å². The summed E-state index contributed by atoms with van der Waals surface area (Å²) in [6, 6.07) is 5.49. The Kier molecular flexibility index (Phi) is 7.45. The first-order valence-corrected chi connectivity index (χ1v) is 7.98. The number of ether oxygens (including phenoxy) is 1. The summed E-state index contributed by atoms with van der Waals surface area (Å²) in [5.74, 6) is 0.270. The standard InChI is InChI=1S/C14H20N2O4S/c1-3-20-11-6-4-5-10(9-11)15-14(19)16-12(13(17)18)7-8-21-2/h4-6,9,12H,3,7-8H2,1-2H3,(H,17,18)(H2,15,16,19)/t12-/m0/s1. The van der Waals surface area contributed by atoms with Crippen LogP contribution >= 0.6 is 11.8 Å². The molecule has 0 aromatic heterocycles. The zero-order valence-corrected chi connectivity index (χ0v) is 12.9. The number of anilines is 1. The van der Waals surface area contributed by atoms with Gasteiger partial charge in [0, 0.05) is 11.8 Å². The van der Waals surface area contributed by atoms with Crippen LogP contribution in [0.1, 0.15) is 13.3 Å². The minimum Gasteiger partial charge on any atom is -0.494 e. The summed E-state index contributed by atoms with van der Waals surface area (Å²) in [4.78, 5) is 22.9. The molecule has 1 aromatic carbocycles. The van der Waals surface area contributed by atoms with Crippen LogP contribution in [0.15, 0.2) is 24.3 Å². The van der Waals surface area contributed by atoms with E-state index in [0.717, 1.165) is 0 Å². The highest BCUT2D eigenvalue weighted by Gasteiger charge is 2.19. The number of carbonyl (C=O) groups excluding carboxylic acids is 1. The lowest BCUT2D eigenvalue weighted by Crippen LogP contribution is -2.43. The van der Waals surface area contributed by atoms with Crippen molar-refractivity contribution in [3.8, 4) is 5.75 Å². The number of thioether (sulfide) groups is 1. The van der Waals surface area contributed by atoms with Crippen LogP contribution in [-0.2, 0) is 4.79 Å². The number of hydrogen-bond acceptors (Lipinski definition) is 4. The van der Waals surface area contributed by atoms with Crippen molar-refractivity contribution in [2.75, 3.05) is 23.9 Å². The Morgan fingerprint density at radius 1 is 1.43 bits per heavy atom. The van der Waals surface area contributed by atoms with E-state index >= 15 is 0 Å².